The molecule has 0 N–H and O–H groups in total. The third kappa shape index (κ3) is 3.43. The summed E-state index contributed by atoms with van der Waals surface area (Å²) in [7, 11) is -3.59. The van der Waals surface area contributed by atoms with Crippen LogP contribution in [0, 0.1) is 0 Å². The van der Waals surface area contributed by atoms with Crippen molar-refractivity contribution in [3.8, 4) is 0 Å². The molecule has 1 amide bonds. The van der Waals surface area contributed by atoms with E-state index in [4.69, 9.17) is 4.74 Å². The predicted octanol–water partition coefficient (Wildman–Crippen LogP) is 3.22. The summed E-state index contributed by atoms with van der Waals surface area (Å²) in [5.41, 5.74) is 0.868. The number of nitrogens with zero attached hydrogens (tertiary/aromatic N) is 1. The largest absolute Gasteiger partial charge is 0.445 e. The number of benzene rings is 2. The molecule has 0 spiro atoms. The molecular formula is C18H19NO4S. The molecule has 1 fully saturated rings. The van der Waals surface area contributed by atoms with Crippen molar-refractivity contribution < 1.29 is 17.9 Å². The van der Waals surface area contributed by atoms with E-state index in [0.717, 1.165) is 5.56 Å². The van der Waals surface area contributed by atoms with E-state index in [2.05, 4.69) is 0 Å². The van der Waals surface area contributed by atoms with E-state index in [1.807, 2.05) is 30.3 Å². The molecule has 6 heteroatoms. The highest BCUT2D eigenvalue weighted by Gasteiger charge is 2.39. The lowest BCUT2D eigenvalue weighted by atomic mass is 10.2. The Labute approximate surface area is 141 Å². The van der Waals surface area contributed by atoms with E-state index >= 15 is 0 Å². The molecule has 0 aliphatic carbocycles. The predicted molar refractivity (Wildman–Crippen MR) is 90.0 cm³/mol. The fourth-order valence-corrected chi connectivity index (χ4v) is 4.69. The van der Waals surface area contributed by atoms with Crippen LogP contribution < -0.4 is 0 Å². The van der Waals surface area contributed by atoms with E-state index < -0.39 is 21.3 Å². The molecule has 3 rings (SSSR count). The number of hydrogen-bond donors (Lipinski definition) is 0. The van der Waals surface area contributed by atoms with Crippen LogP contribution in [-0.2, 0) is 21.2 Å². The van der Waals surface area contributed by atoms with Gasteiger partial charge in [-0.15, -0.1) is 0 Å². The van der Waals surface area contributed by atoms with E-state index in [-0.39, 0.29) is 11.5 Å². The van der Waals surface area contributed by atoms with E-state index in [1.54, 1.807) is 30.3 Å². The lowest BCUT2D eigenvalue weighted by Crippen LogP contribution is -2.40. The first-order valence-electron chi connectivity index (χ1n) is 7.85. The average Bonchev–Trinajstić information content (AvgIpc) is 3.12. The standard InChI is InChI=1S/C18H19NO4S/c20-18(23-14-15-8-3-1-4-9-15)19-13-7-12-17(19)24(21,22)16-10-5-2-6-11-16/h1-6,8-11,17H,7,12-14H2. The summed E-state index contributed by atoms with van der Waals surface area (Å²) in [6.07, 6.45) is 0.496. The zero-order valence-electron chi connectivity index (χ0n) is 13.2. The van der Waals surface area contributed by atoms with Crippen LogP contribution >= 0.6 is 0 Å². The average molecular weight is 345 g/mol. The van der Waals surface area contributed by atoms with Gasteiger partial charge in [0, 0.05) is 6.54 Å². The number of ether oxygens (including phenoxy) is 1. The fraction of sp³-hybridized carbons (Fsp3) is 0.278. The molecule has 1 aliphatic rings. The molecule has 2 aromatic rings. The fourth-order valence-electron chi connectivity index (χ4n) is 2.84. The Morgan fingerprint density at radius 3 is 2.33 bits per heavy atom. The maximum absolute atomic E-state index is 12.8. The molecule has 0 radical (unpaired) electrons. The molecule has 1 saturated heterocycles. The van der Waals surface area contributed by atoms with Crippen molar-refractivity contribution >= 4 is 15.9 Å². The van der Waals surface area contributed by atoms with Crippen molar-refractivity contribution in [3.63, 3.8) is 0 Å². The molecule has 24 heavy (non-hydrogen) atoms. The summed E-state index contributed by atoms with van der Waals surface area (Å²) in [4.78, 5) is 13.9. The van der Waals surface area contributed by atoms with Crippen molar-refractivity contribution in [2.24, 2.45) is 0 Å². The van der Waals surface area contributed by atoms with Crippen molar-refractivity contribution in [2.45, 2.75) is 29.7 Å². The van der Waals surface area contributed by atoms with Gasteiger partial charge in [0.25, 0.3) is 0 Å². The number of sulfone groups is 1. The lowest BCUT2D eigenvalue weighted by Gasteiger charge is -2.24. The molecule has 0 saturated carbocycles. The van der Waals surface area contributed by atoms with E-state index in [9.17, 15) is 13.2 Å². The van der Waals surface area contributed by atoms with Crippen LogP contribution in [0.3, 0.4) is 0 Å². The van der Waals surface area contributed by atoms with Crippen LogP contribution in [-0.4, -0.2) is 31.3 Å². The summed E-state index contributed by atoms with van der Waals surface area (Å²) in [5, 5.41) is -0.858. The summed E-state index contributed by atoms with van der Waals surface area (Å²) in [6, 6.07) is 17.6. The van der Waals surface area contributed by atoms with Crippen molar-refractivity contribution in [1.82, 2.24) is 4.90 Å². The minimum atomic E-state index is -3.59. The van der Waals surface area contributed by atoms with Gasteiger partial charge in [-0.3, -0.25) is 4.90 Å². The Bertz CT molecular complexity index is 790. The van der Waals surface area contributed by atoms with Crippen LogP contribution in [0.15, 0.2) is 65.6 Å². The number of carbonyl (C=O) groups is 1. The van der Waals surface area contributed by atoms with Gasteiger partial charge in [-0.25, -0.2) is 13.2 Å². The molecule has 0 bridgehead atoms. The molecule has 5 nitrogen and oxygen atoms in total. The quantitative estimate of drug-likeness (QED) is 0.853. The third-order valence-corrected chi connectivity index (χ3v) is 6.20. The highest BCUT2D eigenvalue weighted by molar-refractivity contribution is 7.92. The Balaban J connectivity index is 1.72. The monoisotopic (exact) mass is 345 g/mol. The first-order valence-corrected chi connectivity index (χ1v) is 9.40. The van der Waals surface area contributed by atoms with Crippen LogP contribution in [0.1, 0.15) is 18.4 Å². The van der Waals surface area contributed by atoms with Crippen LogP contribution in [0.4, 0.5) is 4.79 Å². The van der Waals surface area contributed by atoms with E-state index in [1.165, 1.54) is 4.90 Å². The summed E-state index contributed by atoms with van der Waals surface area (Å²) in [6.45, 7) is 0.526. The van der Waals surface area contributed by atoms with Gasteiger partial charge in [0.05, 0.1) is 4.90 Å². The van der Waals surface area contributed by atoms with Gasteiger partial charge in [0.1, 0.15) is 12.0 Å². The van der Waals surface area contributed by atoms with Gasteiger partial charge in [0.2, 0.25) is 0 Å². The van der Waals surface area contributed by atoms with Gasteiger partial charge in [-0.05, 0) is 30.5 Å². The van der Waals surface area contributed by atoms with E-state index in [0.29, 0.717) is 19.4 Å². The SMILES string of the molecule is O=C(OCc1ccccc1)N1CCCC1S(=O)(=O)c1ccccc1. The number of likely N-dealkylation sites (tertiary alicyclic amines) is 1. The first-order chi connectivity index (χ1) is 11.6. The maximum Gasteiger partial charge on any atom is 0.411 e. The lowest BCUT2D eigenvalue weighted by molar-refractivity contribution is 0.100. The Hall–Kier alpha value is -2.34. The number of carbonyl (C=O) groups excluding carboxylic acids is 1. The smallest absolute Gasteiger partial charge is 0.411 e. The molecule has 0 aromatic heterocycles. The van der Waals surface area contributed by atoms with Crippen LogP contribution in [0.5, 0.6) is 0 Å². The Morgan fingerprint density at radius 1 is 1.04 bits per heavy atom. The third-order valence-electron chi connectivity index (χ3n) is 4.07. The van der Waals surface area contributed by atoms with Gasteiger partial charge in [0.15, 0.2) is 9.84 Å². The number of hydrogen-bond acceptors (Lipinski definition) is 4. The molecule has 126 valence electrons. The van der Waals surface area contributed by atoms with Gasteiger partial charge >= 0.3 is 6.09 Å². The maximum atomic E-state index is 12.8. The first kappa shape index (κ1) is 16.5. The second-order valence-corrected chi connectivity index (χ2v) is 7.79. The molecule has 1 atom stereocenters. The molecule has 1 aliphatic heterocycles. The minimum absolute atomic E-state index is 0.133. The van der Waals surface area contributed by atoms with Gasteiger partial charge < -0.3 is 4.74 Å². The van der Waals surface area contributed by atoms with Gasteiger partial charge in [-0.2, -0.15) is 0 Å². The summed E-state index contributed by atoms with van der Waals surface area (Å²) in [5.74, 6) is 0. The van der Waals surface area contributed by atoms with Crippen molar-refractivity contribution in [1.29, 1.82) is 0 Å². The van der Waals surface area contributed by atoms with Crippen LogP contribution in [0.2, 0.25) is 0 Å². The number of amides is 1. The normalized spacial score (nSPS) is 17.7. The van der Waals surface area contributed by atoms with Crippen LogP contribution in [0.25, 0.3) is 0 Å². The second-order valence-electron chi connectivity index (χ2n) is 5.69. The zero-order valence-corrected chi connectivity index (χ0v) is 14.0. The summed E-state index contributed by atoms with van der Waals surface area (Å²) < 4.78 is 30.8. The Morgan fingerprint density at radius 2 is 1.67 bits per heavy atom. The summed E-state index contributed by atoms with van der Waals surface area (Å²) >= 11 is 0. The molecular weight excluding hydrogens is 326 g/mol. The number of rotatable bonds is 4. The highest BCUT2D eigenvalue weighted by atomic mass is 32.2. The topological polar surface area (TPSA) is 63.7 Å². The van der Waals surface area contributed by atoms with Crippen molar-refractivity contribution in [2.75, 3.05) is 6.54 Å². The highest BCUT2D eigenvalue weighted by Crippen LogP contribution is 2.28. The second kappa shape index (κ2) is 7.05. The Kier molecular flexibility index (Phi) is 4.85. The molecule has 1 heterocycles. The minimum Gasteiger partial charge on any atom is -0.445 e. The van der Waals surface area contributed by atoms with Gasteiger partial charge in [-0.1, -0.05) is 48.5 Å². The zero-order chi connectivity index (χ0) is 17.0. The molecule has 2 aromatic carbocycles. The molecule has 1 unspecified atom stereocenters. The van der Waals surface area contributed by atoms with Crippen molar-refractivity contribution in [3.05, 3.63) is 66.2 Å².